The third-order valence-electron chi connectivity index (χ3n) is 5.15. The molecule has 1 aliphatic rings. The number of rotatable bonds is 8. The minimum atomic E-state index is -0.278. The summed E-state index contributed by atoms with van der Waals surface area (Å²) in [4.78, 5) is 17.6. The van der Waals surface area contributed by atoms with Crippen LogP contribution in [-0.4, -0.2) is 42.8 Å². The molecule has 0 bridgehead atoms. The number of carbonyl (C=O) groups is 1. The van der Waals surface area contributed by atoms with Gasteiger partial charge < -0.3 is 25.2 Å². The summed E-state index contributed by atoms with van der Waals surface area (Å²) in [6, 6.07) is 5.64. The summed E-state index contributed by atoms with van der Waals surface area (Å²) in [7, 11) is 3.04. The average molecular weight is 420 g/mol. The van der Waals surface area contributed by atoms with Crippen molar-refractivity contribution >= 4 is 22.4 Å². The van der Waals surface area contributed by atoms with Crippen molar-refractivity contribution < 1.29 is 19.4 Å². The Balaban J connectivity index is 1.57. The summed E-state index contributed by atoms with van der Waals surface area (Å²) in [5.41, 5.74) is 0.363. The molecule has 1 aliphatic carbocycles. The smallest absolute Gasteiger partial charge is 0.258 e. The van der Waals surface area contributed by atoms with Crippen molar-refractivity contribution in [3.8, 4) is 17.4 Å². The number of carbonyl (C=O) groups excluding carboxylic acids is 1. The second-order valence-corrected chi connectivity index (χ2v) is 8.23. The molecule has 1 saturated carbocycles. The number of amides is 1. The van der Waals surface area contributed by atoms with Crippen molar-refractivity contribution in [3.05, 3.63) is 28.6 Å². The van der Waals surface area contributed by atoms with Crippen molar-refractivity contribution in [2.75, 3.05) is 26.1 Å². The van der Waals surface area contributed by atoms with Gasteiger partial charge in [-0.25, -0.2) is 0 Å². The Morgan fingerprint density at radius 3 is 2.45 bits per heavy atom. The molecule has 1 fully saturated rings. The van der Waals surface area contributed by atoms with Gasteiger partial charge in [-0.1, -0.05) is 43.1 Å². The highest BCUT2D eigenvalue weighted by Gasteiger charge is 2.19. The molecule has 0 saturated heterocycles. The molecule has 1 heterocycles. The van der Waals surface area contributed by atoms with Crippen LogP contribution in [0.15, 0.2) is 18.2 Å². The molecule has 1 amide bonds. The van der Waals surface area contributed by atoms with Gasteiger partial charge in [0, 0.05) is 19.0 Å². The van der Waals surface area contributed by atoms with E-state index in [9.17, 15) is 9.90 Å². The van der Waals surface area contributed by atoms with Crippen molar-refractivity contribution in [1.29, 1.82) is 0 Å². The molecule has 0 spiro atoms. The minimum Gasteiger partial charge on any atom is -0.496 e. The van der Waals surface area contributed by atoms with Crippen molar-refractivity contribution in [2.45, 2.75) is 51.0 Å². The molecule has 7 nitrogen and oxygen atoms in total. The molecule has 2 aromatic rings. The van der Waals surface area contributed by atoms with Gasteiger partial charge in [0.05, 0.1) is 19.1 Å². The molecule has 158 valence electrons. The number of thiazole rings is 1. The normalized spacial score (nSPS) is 14.8. The maximum Gasteiger partial charge on any atom is 0.258 e. The first kappa shape index (κ1) is 21.2. The molecule has 3 N–H and O–H groups in total. The summed E-state index contributed by atoms with van der Waals surface area (Å²) >= 11 is 1.45. The second kappa shape index (κ2) is 10.3. The first-order valence-corrected chi connectivity index (χ1v) is 10.9. The number of nitrogens with zero attached hydrogens (tertiary/aromatic N) is 1. The van der Waals surface area contributed by atoms with Crippen molar-refractivity contribution in [2.24, 2.45) is 0 Å². The molecule has 8 heteroatoms. The van der Waals surface area contributed by atoms with E-state index >= 15 is 0 Å². The van der Waals surface area contributed by atoms with Gasteiger partial charge in [0.1, 0.15) is 17.1 Å². The van der Waals surface area contributed by atoms with Gasteiger partial charge in [0.25, 0.3) is 5.91 Å². The van der Waals surface area contributed by atoms with E-state index in [0.717, 1.165) is 22.9 Å². The van der Waals surface area contributed by atoms with E-state index in [2.05, 4.69) is 15.6 Å². The molecule has 0 atom stereocenters. The fraction of sp³-hybridized carbons (Fsp3) is 0.524. The average Bonchev–Trinajstić information content (AvgIpc) is 2.91. The van der Waals surface area contributed by atoms with E-state index < -0.39 is 0 Å². The summed E-state index contributed by atoms with van der Waals surface area (Å²) in [5.74, 6) is 0.671. The van der Waals surface area contributed by atoms with Gasteiger partial charge in [-0.15, -0.1) is 0 Å². The largest absolute Gasteiger partial charge is 0.496 e. The Bertz CT molecular complexity index is 794. The molecule has 1 aromatic carbocycles. The van der Waals surface area contributed by atoms with E-state index in [1.165, 1.54) is 51.2 Å². The predicted molar refractivity (Wildman–Crippen MR) is 114 cm³/mol. The highest BCUT2D eigenvalue weighted by molar-refractivity contribution is 7.15. The van der Waals surface area contributed by atoms with Crippen LogP contribution in [0.1, 0.15) is 53.8 Å². The van der Waals surface area contributed by atoms with Gasteiger partial charge in [0.15, 0.2) is 5.13 Å². The van der Waals surface area contributed by atoms with Crippen LogP contribution < -0.4 is 20.1 Å². The summed E-state index contributed by atoms with van der Waals surface area (Å²) in [6.45, 7) is 0.374. The Kier molecular flexibility index (Phi) is 7.57. The number of aromatic nitrogens is 1. The predicted octanol–water partition coefficient (Wildman–Crippen LogP) is 3.97. The van der Waals surface area contributed by atoms with Gasteiger partial charge in [0.2, 0.25) is 5.88 Å². The van der Waals surface area contributed by atoms with Crippen LogP contribution in [-0.2, 0) is 6.42 Å². The SMILES string of the molecule is COc1cccc(OC)c1C(=O)NCCc1sc(NC2CCCCCC2)nc1O. The van der Waals surface area contributed by atoms with Gasteiger partial charge in [-0.05, 0) is 25.0 Å². The van der Waals surface area contributed by atoms with Crippen molar-refractivity contribution in [1.82, 2.24) is 10.3 Å². The number of hydrogen-bond donors (Lipinski definition) is 3. The molecular formula is C21H29N3O4S. The third kappa shape index (κ3) is 5.53. The number of ether oxygens (including phenoxy) is 2. The number of anilines is 1. The molecule has 1 aromatic heterocycles. The fourth-order valence-corrected chi connectivity index (χ4v) is 4.55. The van der Waals surface area contributed by atoms with Gasteiger partial charge in [-0.3, -0.25) is 4.79 Å². The van der Waals surface area contributed by atoms with Crippen LogP contribution in [0.25, 0.3) is 0 Å². The summed E-state index contributed by atoms with van der Waals surface area (Å²) in [5, 5.41) is 17.3. The first-order chi connectivity index (χ1) is 14.1. The lowest BCUT2D eigenvalue weighted by atomic mass is 10.1. The molecule has 0 unspecified atom stereocenters. The van der Waals surface area contributed by atoms with Crippen LogP contribution in [0.4, 0.5) is 5.13 Å². The minimum absolute atomic E-state index is 0.0373. The maximum absolute atomic E-state index is 12.6. The van der Waals surface area contributed by atoms with Crippen molar-refractivity contribution in [3.63, 3.8) is 0 Å². The quantitative estimate of drug-likeness (QED) is 0.561. The monoisotopic (exact) mass is 419 g/mol. The van der Waals surface area contributed by atoms with E-state index in [1.807, 2.05) is 0 Å². The van der Waals surface area contributed by atoms with E-state index in [4.69, 9.17) is 9.47 Å². The zero-order chi connectivity index (χ0) is 20.6. The van der Waals surface area contributed by atoms with Gasteiger partial charge in [-0.2, -0.15) is 4.98 Å². The number of aromatic hydroxyl groups is 1. The lowest BCUT2D eigenvalue weighted by Crippen LogP contribution is -2.26. The number of methoxy groups -OCH3 is 2. The van der Waals surface area contributed by atoms with Gasteiger partial charge >= 0.3 is 0 Å². The molecule has 0 radical (unpaired) electrons. The molecule has 29 heavy (non-hydrogen) atoms. The Morgan fingerprint density at radius 2 is 1.83 bits per heavy atom. The summed E-state index contributed by atoms with van der Waals surface area (Å²) in [6.07, 6.45) is 7.85. The van der Waals surface area contributed by atoms with E-state index in [1.54, 1.807) is 18.2 Å². The van der Waals surface area contributed by atoms with E-state index in [-0.39, 0.29) is 11.8 Å². The Hall–Kier alpha value is -2.48. The topological polar surface area (TPSA) is 92.7 Å². The first-order valence-electron chi connectivity index (χ1n) is 10.1. The standard InChI is InChI=1S/C21H29N3O4S/c1-27-15-10-7-11-16(28-2)18(15)20(26)22-13-12-17-19(25)24-21(29-17)23-14-8-5-3-4-6-9-14/h7,10-11,14,25H,3-6,8-9,12-13H2,1-2H3,(H,22,26)(H,23,24). The number of nitrogens with one attached hydrogen (secondary N) is 2. The molecule has 3 rings (SSSR count). The molecule has 0 aliphatic heterocycles. The maximum atomic E-state index is 12.6. The Labute approximate surface area is 175 Å². The second-order valence-electron chi connectivity index (χ2n) is 7.14. The third-order valence-corrected chi connectivity index (χ3v) is 6.19. The number of hydrogen-bond acceptors (Lipinski definition) is 7. The van der Waals surface area contributed by atoms with Crippen LogP contribution in [0.3, 0.4) is 0 Å². The highest BCUT2D eigenvalue weighted by Crippen LogP contribution is 2.31. The van der Waals surface area contributed by atoms with Crippen LogP contribution in [0, 0.1) is 0 Å². The van der Waals surface area contributed by atoms with Crippen LogP contribution in [0.5, 0.6) is 17.4 Å². The highest BCUT2D eigenvalue weighted by atomic mass is 32.1. The lowest BCUT2D eigenvalue weighted by molar-refractivity contribution is 0.0948. The molecular weight excluding hydrogens is 390 g/mol. The van der Waals surface area contributed by atoms with Crippen LogP contribution >= 0.6 is 11.3 Å². The summed E-state index contributed by atoms with van der Waals surface area (Å²) < 4.78 is 10.6. The van der Waals surface area contributed by atoms with Crippen LogP contribution in [0.2, 0.25) is 0 Å². The Morgan fingerprint density at radius 1 is 1.17 bits per heavy atom. The lowest BCUT2D eigenvalue weighted by Gasteiger charge is -2.14. The zero-order valence-electron chi connectivity index (χ0n) is 17.0. The fourth-order valence-electron chi connectivity index (χ4n) is 3.62. The zero-order valence-corrected chi connectivity index (χ0v) is 17.8. The van der Waals surface area contributed by atoms with E-state index in [0.29, 0.717) is 36.1 Å². The number of benzene rings is 1.